The highest BCUT2D eigenvalue weighted by Gasteiger charge is 2.49. The summed E-state index contributed by atoms with van der Waals surface area (Å²) in [5.74, 6) is 0.327. The number of hydrogen-bond donors (Lipinski definition) is 0. The number of fused-ring (bicyclic) bond motifs is 1. The minimum atomic E-state index is -0.309. The first kappa shape index (κ1) is 13.7. The molecule has 4 fully saturated rings. The number of carbonyl (C=O) groups is 2. The molecular weight excluding hydrogens is 310 g/mol. The van der Waals surface area contributed by atoms with E-state index in [9.17, 15) is 9.59 Å². The number of nitrogens with zero attached hydrogens (tertiary/aromatic N) is 1. The van der Waals surface area contributed by atoms with Gasteiger partial charge in [-0.1, -0.05) is 11.6 Å². The van der Waals surface area contributed by atoms with Gasteiger partial charge in [-0.2, -0.15) is 0 Å². The smallest absolute Gasteiger partial charge is 0.350 e. The van der Waals surface area contributed by atoms with Crippen molar-refractivity contribution in [2.45, 2.75) is 43.9 Å². The van der Waals surface area contributed by atoms with Crippen molar-refractivity contribution in [2.24, 2.45) is 5.92 Å². The van der Waals surface area contributed by atoms with E-state index in [4.69, 9.17) is 16.3 Å². The molecule has 4 aliphatic heterocycles. The third kappa shape index (κ3) is 2.31. The highest BCUT2D eigenvalue weighted by Crippen LogP contribution is 2.42. The summed E-state index contributed by atoms with van der Waals surface area (Å²) in [4.78, 5) is 26.8. The van der Waals surface area contributed by atoms with E-state index < -0.39 is 0 Å². The first-order valence-electron chi connectivity index (χ1n) is 7.34. The zero-order valence-electron chi connectivity index (χ0n) is 11.5. The van der Waals surface area contributed by atoms with Crippen LogP contribution in [0.4, 0.5) is 0 Å². The molecule has 0 N–H and O–H groups in total. The Bertz CT molecular complexity index is 585. The fraction of sp³-hybridized carbons (Fsp3) is 0.600. The summed E-state index contributed by atoms with van der Waals surface area (Å²) in [6, 6.07) is 2.52. The molecule has 0 aromatic carbocycles. The minimum Gasteiger partial charge on any atom is -0.458 e. The zero-order valence-corrected chi connectivity index (χ0v) is 13.0. The maximum atomic E-state index is 12.2. The van der Waals surface area contributed by atoms with Gasteiger partial charge in [0, 0.05) is 30.8 Å². The first-order chi connectivity index (χ1) is 10.1. The van der Waals surface area contributed by atoms with Crippen LogP contribution in [0.25, 0.3) is 0 Å². The predicted octanol–water partition coefficient (Wildman–Crippen LogP) is 2.75. The molecule has 4 aliphatic rings. The van der Waals surface area contributed by atoms with Crippen LogP contribution in [0.3, 0.4) is 0 Å². The number of ketones is 1. The van der Waals surface area contributed by atoms with Crippen LogP contribution in [0.2, 0.25) is 5.02 Å². The quantitative estimate of drug-likeness (QED) is 0.784. The summed E-state index contributed by atoms with van der Waals surface area (Å²) in [5.41, 5.74) is 0. The molecule has 4 bridgehead atoms. The SMILES string of the molecule is O=C(OC1CC2CC3CC(C1)N2CC3=O)c1sccc1Cl. The van der Waals surface area contributed by atoms with Crippen LogP contribution in [0.1, 0.15) is 35.4 Å². The van der Waals surface area contributed by atoms with Crippen molar-refractivity contribution in [3.8, 4) is 0 Å². The van der Waals surface area contributed by atoms with E-state index in [2.05, 4.69) is 4.90 Å². The van der Waals surface area contributed by atoms with Crippen molar-refractivity contribution in [3.63, 3.8) is 0 Å². The molecular formula is C15H16ClNO3S. The minimum absolute atomic E-state index is 0.0453. The second-order valence-electron chi connectivity index (χ2n) is 6.21. The van der Waals surface area contributed by atoms with E-state index in [1.54, 1.807) is 11.4 Å². The first-order valence-corrected chi connectivity index (χ1v) is 8.60. The molecule has 1 aromatic rings. The van der Waals surface area contributed by atoms with Gasteiger partial charge in [0.15, 0.2) is 0 Å². The van der Waals surface area contributed by atoms with Crippen LogP contribution in [0, 0.1) is 5.92 Å². The van der Waals surface area contributed by atoms with Crippen molar-refractivity contribution in [1.82, 2.24) is 4.90 Å². The number of carbonyl (C=O) groups excluding carboxylic acids is 2. The molecule has 2 atom stereocenters. The summed E-state index contributed by atoms with van der Waals surface area (Å²) in [6.07, 6.45) is 3.51. The van der Waals surface area contributed by atoms with Crippen LogP contribution in [0.5, 0.6) is 0 Å². The summed E-state index contributed by atoms with van der Waals surface area (Å²) >= 11 is 7.30. The number of esters is 1. The van der Waals surface area contributed by atoms with Crippen molar-refractivity contribution in [2.75, 3.05) is 6.54 Å². The Balaban J connectivity index is 1.44. The number of thiophene rings is 1. The second kappa shape index (κ2) is 5.07. The van der Waals surface area contributed by atoms with Gasteiger partial charge in [-0.15, -0.1) is 11.3 Å². The molecule has 6 heteroatoms. The summed E-state index contributed by atoms with van der Waals surface area (Å²) < 4.78 is 5.66. The fourth-order valence-electron chi connectivity index (χ4n) is 4.06. The molecule has 0 aliphatic carbocycles. The molecule has 0 spiro atoms. The number of Topliss-reactive ketones (excluding diaryl/α,β-unsaturated/α-hetero) is 1. The Kier molecular flexibility index (Phi) is 3.32. The van der Waals surface area contributed by atoms with Crippen LogP contribution < -0.4 is 0 Å². The standard InChI is InChI=1S/C15H16ClNO3S/c16-12-1-2-21-14(12)15(19)20-11-5-9-3-8-4-10(6-11)17(9)7-13(8)18/h1-2,8-11H,3-7H2. The molecule has 112 valence electrons. The molecule has 5 heterocycles. The normalized spacial score (nSPS) is 37.6. The maximum Gasteiger partial charge on any atom is 0.350 e. The lowest BCUT2D eigenvalue weighted by Gasteiger charge is -2.54. The van der Waals surface area contributed by atoms with Crippen LogP contribution >= 0.6 is 22.9 Å². The Morgan fingerprint density at radius 1 is 1.29 bits per heavy atom. The molecule has 0 radical (unpaired) electrons. The lowest BCUT2D eigenvalue weighted by atomic mass is 9.72. The van der Waals surface area contributed by atoms with Gasteiger partial charge in [-0.05, 0) is 24.3 Å². The number of hydrogen-bond acceptors (Lipinski definition) is 5. The zero-order chi connectivity index (χ0) is 14.6. The maximum absolute atomic E-state index is 12.2. The monoisotopic (exact) mass is 325 g/mol. The molecule has 1 aromatic heterocycles. The molecule has 0 saturated carbocycles. The Morgan fingerprint density at radius 2 is 2.00 bits per heavy atom. The Labute approximate surface area is 132 Å². The van der Waals surface area contributed by atoms with E-state index in [1.807, 2.05) is 0 Å². The summed E-state index contributed by atoms with van der Waals surface area (Å²) in [6.45, 7) is 0.595. The predicted molar refractivity (Wildman–Crippen MR) is 79.8 cm³/mol. The van der Waals surface area contributed by atoms with E-state index in [0.717, 1.165) is 25.7 Å². The lowest BCUT2D eigenvalue weighted by molar-refractivity contribution is -0.145. The second-order valence-corrected chi connectivity index (χ2v) is 7.53. The van der Waals surface area contributed by atoms with Gasteiger partial charge in [0.1, 0.15) is 16.8 Å². The number of rotatable bonds is 2. The Morgan fingerprint density at radius 3 is 2.57 bits per heavy atom. The largest absolute Gasteiger partial charge is 0.458 e. The van der Waals surface area contributed by atoms with Crippen LogP contribution in [-0.2, 0) is 9.53 Å². The van der Waals surface area contributed by atoms with Gasteiger partial charge < -0.3 is 4.74 Å². The van der Waals surface area contributed by atoms with Gasteiger partial charge >= 0.3 is 5.97 Å². The van der Waals surface area contributed by atoms with E-state index in [0.29, 0.717) is 34.3 Å². The van der Waals surface area contributed by atoms with Crippen LogP contribution in [0.15, 0.2) is 11.4 Å². The van der Waals surface area contributed by atoms with E-state index in [1.165, 1.54) is 11.3 Å². The van der Waals surface area contributed by atoms with Crippen molar-refractivity contribution >= 4 is 34.7 Å². The van der Waals surface area contributed by atoms with Gasteiger partial charge in [0.05, 0.1) is 11.6 Å². The summed E-state index contributed by atoms with van der Waals surface area (Å²) in [7, 11) is 0. The topological polar surface area (TPSA) is 46.6 Å². The fourth-order valence-corrected chi connectivity index (χ4v) is 5.07. The average Bonchev–Trinajstić information content (AvgIpc) is 2.85. The highest BCUT2D eigenvalue weighted by atomic mass is 35.5. The van der Waals surface area contributed by atoms with Crippen molar-refractivity contribution < 1.29 is 14.3 Å². The van der Waals surface area contributed by atoms with E-state index in [-0.39, 0.29) is 18.0 Å². The molecule has 5 rings (SSSR count). The number of piperidine rings is 4. The Hall–Kier alpha value is -0.910. The molecule has 4 saturated heterocycles. The third-order valence-corrected chi connectivity index (χ3v) is 6.31. The average molecular weight is 326 g/mol. The van der Waals surface area contributed by atoms with Gasteiger partial charge in [0.25, 0.3) is 0 Å². The van der Waals surface area contributed by atoms with E-state index >= 15 is 0 Å². The number of ether oxygens (including phenoxy) is 1. The molecule has 21 heavy (non-hydrogen) atoms. The lowest BCUT2D eigenvalue weighted by Crippen LogP contribution is -2.63. The molecule has 4 nitrogen and oxygen atoms in total. The van der Waals surface area contributed by atoms with Crippen molar-refractivity contribution in [1.29, 1.82) is 0 Å². The molecule has 2 unspecified atom stereocenters. The number of halogens is 1. The van der Waals surface area contributed by atoms with Crippen LogP contribution in [-0.4, -0.2) is 41.4 Å². The molecule has 0 amide bonds. The van der Waals surface area contributed by atoms with Gasteiger partial charge in [-0.3, -0.25) is 9.69 Å². The van der Waals surface area contributed by atoms with Gasteiger partial charge in [0.2, 0.25) is 0 Å². The third-order valence-electron chi connectivity index (χ3n) is 4.99. The highest BCUT2D eigenvalue weighted by molar-refractivity contribution is 7.12. The van der Waals surface area contributed by atoms with Gasteiger partial charge in [-0.25, -0.2) is 4.79 Å². The van der Waals surface area contributed by atoms with Crippen molar-refractivity contribution in [3.05, 3.63) is 21.3 Å². The summed E-state index contributed by atoms with van der Waals surface area (Å²) in [5, 5.41) is 2.26.